The normalized spacial score (nSPS) is 27.9. The van der Waals surface area contributed by atoms with Crippen molar-refractivity contribution in [3.05, 3.63) is 5.82 Å². The van der Waals surface area contributed by atoms with Crippen LogP contribution >= 0.6 is 23.3 Å². The minimum atomic E-state index is 0.187. The quantitative estimate of drug-likeness (QED) is 0.839. The Bertz CT molecular complexity index is 424. The van der Waals surface area contributed by atoms with Crippen molar-refractivity contribution in [1.29, 1.82) is 5.26 Å². The largest absolute Gasteiger partial charge is 0.213 e. The molecule has 5 heteroatoms. The first-order valence-corrected chi connectivity index (χ1v) is 8.31. The number of hydrogen-bond acceptors (Lipinski definition) is 5. The molecule has 1 aliphatic carbocycles. The molecule has 98 valence electrons. The van der Waals surface area contributed by atoms with Crippen molar-refractivity contribution in [2.24, 2.45) is 11.8 Å². The second-order valence-corrected chi connectivity index (χ2v) is 7.05. The molecule has 0 saturated heterocycles. The van der Waals surface area contributed by atoms with Gasteiger partial charge >= 0.3 is 0 Å². The number of thioether (sulfide) groups is 1. The Morgan fingerprint density at radius 3 is 2.89 bits per heavy atom. The van der Waals surface area contributed by atoms with Crippen LogP contribution in [0.4, 0.5) is 0 Å². The van der Waals surface area contributed by atoms with E-state index in [1.807, 2.05) is 0 Å². The zero-order valence-electron chi connectivity index (χ0n) is 10.9. The lowest BCUT2D eigenvalue weighted by atomic mass is 9.81. The van der Waals surface area contributed by atoms with E-state index in [-0.39, 0.29) is 5.92 Å². The third-order valence-corrected chi connectivity index (χ3v) is 5.84. The summed E-state index contributed by atoms with van der Waals surface area (Å²) >= 11 is 3.26. The van der Waals surface area contributed by atoms with E-state index in [0.717, 1.165) is 35.3 Å². The van der Waals surface area contributed by atoms with Crippen LogP contribution in [-0.4, -0.2) is 14.6 Å². The lowest BCUT2D eigenvalue weighted by Crippen LogP contribution is -2.25. The van der Waals surface area contributed by atoms with Crippen molar-refractivity contribution in [2.75, 3.05) is 0 Å². The summed E-state index contributed by atoms with van der Waals surface area (Å²) in [7, 11) is 0. The average Bonchev–Trinajstić information content (AvgIpc) is 2.86. The molecule has 0 spiro atoms. The Morgan fingerprint density at radius 2 is 2.28 bits per heavy atom. The monoisotopic (exact) mass is 281 g/mol. The van der Waals surface area contributed by atoms with E-state index in [4.69, 9.17) is 0 Å². The zero-order chi connectivity index (χ0) is 13.0. The van der Waals surface area contributed by atoms with E-state index < -0.39 is 0 Å². The summed E-state index contributed by atoms with van der Waals surface area (Å²) in [6.07, 6.45) is 5.53. The SMILES string of the molecule is CCc1nsc(SC2CC(CC)CCC2C#N)n1. The topological polar surface area (TPSA) is 49.6 Å². The van der Waals surface area contributed by atoms with Gasteiger partial charge in [0.2, 0.25) is 0 Å². The highest BCUT2D eigenvalue weighted by Crippen LogP contribution is 2.41. The van der Waals surface area contributed by atoms with Crippen LogP contribution in [0.15, 0.2) is 4.34 Å². The van der Waals surface area contributed by atoms with Gasteiger partial charge in [-0.25, -0.2) is 4.98 Å². The van der Waals surface area contributed by atoms with Gasteiger partial charge < -0.3 is 0 Å². The predicted molar refractivity (Wildman–Crippen MR) is 75.7 cm³/mol. The maximum Gasteiger partial charge on any atom is 0.170 e. The molecule has 1 heterocycles. The molecule has 3 unspecified atom stereocenters. The first-order valence-electron chi connectivity index (χ1n) is 6.65. The van der Waals surface area contributed by atoms with Crippen LogP contribution in [0.1, 0.15) is 45.4 Å². The molecule has 0 bridgehead atoms. The standard InChI is InChI=1S/C13H19N3S2/c1-3-9-5-6-10(8-14)11(7-9)17-13-15-12(4-2)16-18-13/h9-11H,3-7H2,1-2H3. The highest BCUT2D eigenvalue weighted by atomic mass is 32.2. The molecule has 0 N–H and O–H groups in total. The van der Waals surface area contributed by atoms with Gasteiger partial charge in [-0.3, -0.25) is 0 Å². The summed E-state index contributed by atoms with van der Waals surface area (Å²) < 4.78 is 5.35. The Balaban J connectivity index is 2.02. The third-order valence-electron chi connectivity index (χ3n) is 3.66. The maximum atomic E-state index is 9.25. The van der Waals surface area contributed by atoms with Gasteiger partial charge in [0, 0.05) is 11.7 Å². The molecule has 3 atom stereocenters. The van der Waals surface area contributed by atoms with Crippen molar-refractivity contribution >= 4 is 23.3 Å². The number of aromatic nitrogens is 2. The molecule has 0 amide bonds. The van der Waals surface area contributed by atoms with Gasteiger partial charge in [-0.15, -0.1) is 0 Å². The second-order valence-electron chi connectivity index (χ2n) is 4.81. The fourth-order valence-electron chi connectivity index (χ4n) is 2.42. The molecule has 0 radical (unpaired) electrons. The summed E-state index contributed by atoms with van der Waals surface area (Å²) in [6, 6.07) is 2.48. The minimum Gasteiger partial charge on any atom is -0.213 e. The number of nitriles is 1. The van der Waals surface area contributed by atoms with Crippen LogP contribution in [0, 0.1) is 23.2 Å². The summed E-state index contributed by atoms with van der Waals surface area (Å²) in [5, 5.41) is 9.66. The van der Waals surface area contributed by atoms with Crippen molar-refractivity contribution in [2.45, 2.75) is 55.5 Å². The number of hydrogen-bond donors (Lipinski definition) is 0. The lowest BCUT2D eigenvalue weighted by Gasteiger charge is -2.31. The number of nitrogens with zero attached hydrogens (tertiary/aromatic N) is 3. The van der Waals surface area contributed by atoms with Crippen molar-refractivity contribution < 1.29 is 0 Å². The fourth-order valence-corrected chi connectivity index (χ4v) is 4.72. The second kappa shape index (κ2) is 6.53. The van der Waals surface area contributed by atoms with E-state index in [2.05, 4.69) is 29.3 Å². The van der Waals surface area contributed by atoms with Crippen LogP contribution in [0.2, 0.25) is 0 Å². The number of rotatable bonds is 4. The Morgan fingerprint density at radius 1 is 1.44 bits per heavy atom. The molecule has 1 aromatic heterocycles. The van der Waals surface area contributed by atoms with E-state index in [9.17, 15) is 5.26 Å². The number of aryl methyl sites for hydroxylation is 1. The molecule has 0 aromatic carbocycles. The van der Waals surface area contributed by atoms with Crippen LogP contribution in [0.3, 0.4) is 0 Å². The van der Waals surface area contributed by atoms with Gasteiger partial charge in [-0.1, -0.05) is 32.0 Å². The first kappa shape index (κ1) is 13.8. The lowest BCUT2D eigenvalue weighted by molar-refractivity contribution is 0.317. The van der Waals surface area contributed by atoms with Gasteiger partial charge in [0.05, 0.1) is 12.0 Å². The van der Waals surface area contributed by atoms with Crippen molar-refractivity contribution in [3.8, 4) is 6.07 Å². The maximum absolute atomic E-state index is 9.25. The van der Waals surface area contributed by atoms with E-state index in [1.54, 1.807) is 11.8 Å². The average molecular weight is 281 g/mol. The highest BCUT2D eigenvalue weighted by molar-refractivity contribution is 8.01. The van der Waals surface area contributed by atoms with E-state index >= 15 is 0 Å². The van der Waals surface area contributed by atoms with E-state index in [1.165, 1.54) is 24.4 Å². The van der Waals surface area contributed by atoms with Gasteiger partial charge in [0.15, 0.2) is 4.34 Å². The van der Waals surface area contributed by atoms with Crippen LogP contribution < -0.4 is 0 Å². The minimum absolute atomic E-state index is 0.187. The molecular weight excluding hydrogens is 262 g/mol. The Hall–Kier alpha value is -0.600. The van der Waals surface area contributed by atoms with E-state index in [0.29, 0.717) is 5.25 Å². The summed E-state index contributed by atoms with van der Waals surface area (Å²) in [6.45, 7) is 4.32. The van der Waals surface area contributed by atoms with Gasteiger partial charge in [0.25, 0.3) is 0 Å². The predicted octanol–water partition coefficient (Wildman–Crippen LogP) is 3.91. The molecule has 1 saturated carbocycles. The van der Waals surface area contributed by atoms with Gasteiger partial charge in [-0.2, -0.15) is 9.64 Å². The first-order chi connectivity index (χ1) is 8.76. The van der Waals surface area contributed by atoms with Crippen molar-refractivity contribution in [1.82, 2.24) is 9.36 Å². The summed E-state index contributed by atoms with van der Waals surface area (Å²) in [5.41, 5.74) is 0. The fraction of sp³-hybridized carbons (Fsp3) is 0.769. The molecular formula is C13H19N3S2. The molecule has 1 fully saturated rings. The van der Waals surface area contributed by atoms with Crippen LogP contribution in [0.25, 0.3) is 0 Å². The molecule has 3 nitrogen and oxygen atoms in total. The molecule has 0 aliphatic heterocycles. The third kappa shape index (κ3) is 3.24. The van der Waals surface area contributed by atoms with Crippen molar-refractivity contribution in [3.63, 3.8) is 0 Å². The zero-order valence-corrected chi connectivity index (χ0v) is 12.6. The summed E-state index contributed by atoms with van der Waals surface area (Å²) in [4.78, 5) is 4.50. The smallest absolute Gasteiger partial charge is 0.170 e. The summed E-state index contributed by atoms with van der Waals surface area (Å²) in [5.74, 6) is 1.90. The van der Waals surface area contributed by atoms with Gasteiger partial charge in [-0.05, 0) is 36.7 Å². The Labute approximate surface area is 117 Å². The molecule has 2 rings (SSSR count). The highest BCUT2D eigenvalue weighted by Gasteiger charge is 2.31. The van der Waals surface area contributed by atoms with Crippen LogP contribution in [-0.2, 0) is 6.42 Å². The van der Waals surface area contributed by atoms with Crippen LogP contribution in [0.5, 0.6) is 0 Å². The molecule has 18 heavy (non-hydrogen) atoms. The van der Waals surface area contributed by atoms with Gasteiger partial charge in [0.1, 0.15) is 5.82 Å². The Kier molecular flexibility index (Phi) is 5.02. The molecule has 1 aromatic rings. The molecule has 1 aliphatic rings.